The Morgan fingerprint density at radius 2 is 1.14 bits per heavy atom. The van der Waals surface area contributed by atoms with Crippen LogP contribution < -0.4 is 14.9 Å². The van der Waals surface area contributed by atoms with Crippen molar-refractivity contribution in [3.63, 3.8) is 0 Å². The van der Waals surface area contributed by atoms with Crippen LogP contribution in [0.5, 0.6) is 11.5 Å². The van der Waals surface area contributed by atoms with Crippen LogP contribution >= 0.6 is 89.3 Å². The minimum absolute atomic E-state index is 0.565. The van der Waals surface area contributed by atoms with Crippen LogP contribution in [0.1, 0.15) is 11.1 Å². The number of hydrogen-bond acceptors (Lipinski definition) is 13. The van der Waals surface area contributed by atoms with E-state index in [0.29, 0.717) is 5.46 Å². The lowest BCUT2D eigenvalue weighted by Crippen LogP contribution is -2.27. The quantitative estimate of drug-likeness (QED) is 0.167. The SMILES string of the molecule is COc1c(C)c(-c2ccsc2)c2nsnc2c1-c1ccsc1.COc1c(C)c(Br)c2nsnc2c1Br.OB(O)c1ccsc1. The fraction of sp³-hybridized carbons (Fsp3) is 0.143. The van der Waals surface area contributed by atoms with Crippen LogP contribution in [0, 0.1) is 13.8 Å². The molecule has 5 aromatic heterocycles. The number of fused-ring (bicyclic) bond motifs is 2. The van der Waals surface area contributed by atoms with Crippen LogP contribution in [-0.4, -0.2) is 48.9 Å². The number of hydrogen-bond donors (Lipinski definition) is 2. The number of nitrogens with zero attached hydrogens (tertiary/aromatic N) is 4. The number of rotatable bonds is 5. The average molecular weight is 810 g/mol. The minimum Gasteiger partial charge on any atom is -0.496 e. The second-order valence-corrected chi connectivity index (χ2v) is 14.1. The van der Waals surface area contributed by atoms with Crippen LogP contribution in [0.15, 0.2) is 59.4 Å². The largest absolute Gasteiger partial charge is 0.496 e. The molecule has 0 saturated heterocycles. The third kappa shape index (κ3) is 6.64. The van der Waals surface area contributed by atoms with Gasteiger partial charge >= 0.3 is 7.12 Å². The van der Waals surface area contributed by atoms with Gasteiger partial charge in [-0.2, -0.15) is 51.5 Å². The summed E-state index contributed by atoms with van der Waals surface area (Å²) in [6, 6.07) is 5.90. The standard InChI is InChI=1S/C16H12N2OS3.C8H6Br2N2OS.C4H5BO2S/c1-9-12(10-3-5-20-7-10)14-15(18-22-17-14)13(16(9)19-2)11-4-6-21-8-11;1-3-4(9)6-7(12-14-11-6)5(10)8(3)13-2;6-5(7)4-1-2-8-3-4/h3-8H,1-2H3;1-2H3;1-3,6-7H. The molecule has 0 fully saturated rings. The van der Waals surface area contributed by atoms with Crippen LogP contribution in [0.2, 0.25) is 0 Å². The summed E-state index contributed by atoms with van der Waals surface area (Å²) in [5.74, 6) is 1.69. The zero-order valence-electron chi connectivity index (χ0n) is 23.6. The van der Waals surface area contributed by atoms with Gasteiger partial charge in [0.2, 0.25) is 0 Å². The molecule has 0 saturated carbocycles. The van der Waals surface area contributed by atoms with Gasteiger partial charge in [-0.15, -0.1) is 0 Å². The third-order valence-electron chi connectivity index (χ3n) is 6.55. The summed E-state index contributed by atoms with van der Waals surface area (Å²) >= 11 is 14.2. The molecule has 0 bridgehead atoms. The van der Waals surface area contributed by atoms with E-state index in [2.05, 4.69) is 89.9 Å². The first-order chi connectivity index (χ1) is 21.3. The highest BCUT2D eigenvalue weighted by molar-refractivity contribution is 9.11. The molecule has 0 atom stereocenters. The summed E-state index contributed by atoms with van der Waals surface area (Å²) in [5.41, 5.74) is 10.8. The molecular weight excluding hydrogens is 787 g/mol. The number of ether oxygens (including phenoxy) is 2. The van der Waals surface area contributed by atoms with Crippen molar-refractivity contribution in [2.75, 3.05) is 14.2 Å². The monoisotopic (exact) mass is 808 g/mol. The van der Waals surface area contributed by atoms with Gasteiger partial charge in [0.15, 0.2) is 0 Å². The highest BCUT2D eigenvalue weighted by Crippen LogP contribution is 2.46. The summed E-state index contributed by atoms with van der Waals surface area (Å²) in [4.78, 5) is 0. The maximum absolute atomic E-state index is 8.47. The second-order valence-electron chi connectivity index (χ2n) is 9.07. The van der Waals surface area contributed by atoms with Gasteiger partial charge in [0, 0.05) is 16.7 Å². The van der Waals surface area contributed by atoms with E-state index < -0.39 is 7.12 Å². The van der Waals surface area contributed by atoms with Crippen molar-refractivity contribution in [2.45, 2.75) is 13.8 Å². The van der Waals surface area contributed by atoms with Crippen LogP contribution in [0.25, 0.3) is 44.3 Å². The molecule has 2 aromatic carbocycles. The molecule has 5 heterocycles. The zero-order valence-corrected chi connectivity index (χ0v) is 30.8. The average Bonchev–Trinajstić information content (AvgIpc) is 3.87. The van der Waals surface area contributed by atoms with E-state index in [-0.39, 0.29) is 0 Å². The molecule has 0 radical (unpaired) electrons. The molecule has 44 heavy (non-hydrogen) atoms. The van der Waals surface area contributed by atoms with Gasteiger partial charge in [0.05, 0.1) is 52.2 Å². The summed E-state index contributed by atoms with van der Waals surface area (Å²) in [6.07, 6.45) is 0. The molecule has 0 aliphatic carbocycles. The van der Waals surface area contributed by atoms with Crippen LogP contribution in [-0.2, 0) is 0 Å². The van der Waals surface area contributed by atoms with Crippen molar-refractivity contribution in [1.82, 2.24) is 17.5 Å². The number of benzene rings is 2. The van der Waals surface area contributed by atoms with E-state index in [9.17, 15) is 0 Å². The highest BCUT2D eigenvalue weighted by Gasteiger charge is 2.23. The Morgan fingerprint density at radius 1 is 0.636 bits per heavy atom. The molecule has 8 nitrogen and oxygen atoms in total. The first-order valence-electron chi connectivity index (χ1n) is 12.7. The molecule has 7 aromatic rings. The van der Waals surface area contributed by atoms with Crippen molar-refractivity contribution in [1.29, 1.82) is 0 Å². The fourth-order valence-corrected chi connectivity index (χ4v) is 8.99. The normalized spacial score (nSPS) is 10.7. The molecule has 16 heteroatoms. The summed E-state index contributed by atoms with van der Waals surface area (Å²) in [6.45, 7) is 4.08. The first-order valence-corrected chi connectivity index (χ1v) is 18.6. The fourth-order valence-electron chi connectivity index (χ4n) is 4.48. The van der Waals surface area contributed by atoms with E-state index in [1.807, 2.05) is 6.92 Å². The van der Waals surface area contributed by atoms with Crippen molar-refractivity contribution in [3.8, 4) is 33.8 Å². The lowest BCUT2D eigenvalue weighted by molar-refractivity contribution is 0.409. The zero-order chi connectivity index (χ0) is 31.4. The number of aromatic nitrogens is 4. The Labute approximate surface area is 291 Å². The molecule has 0 spiro atoms. The van der Waals surface area contributed by atoms with Crippen molar-refractivity contribution in [2.24, 2.45) is 0 Å². The molecular formula is C28H23BBr2N4O4S5. The van der Waals surface area contributed by atoms with Gasteiger partial charge in [-0.05, 0) is 107 Å². The predicted molar refractivity (Wildman–Crippen MR) is 194 cm³/mol. The molecule has 0 unspecified atom stereocenters. The Hall–Kier alpha value is -2.28. The molecule has 7 rings (SSSR count). The molecule has 2 N–H and O–H groups in total. The van der Waals surface area contributed by atoms with Crippen molar-refractivity contribution >= 4 is 124 Å². The highest BCUT2D eigenvalue weighted by atomic mass is 79.9. The maximum Gasteiger partial charge on any atom is 0.489 e. The van der Waals surface area contributed by atoms with Gasteiger partial charge < -0.3 is 19.5 Å². The number of halogens is 2. The summed E-state index contributed by atoms with van der Waals surface area (Å²) in [5, 5.41) is 28.9. The van der Waals surface area contributed by atoms with E-state index in [0.717, 1.165) is 70.3 Å². The van der Waals surface area contributed by atoms with Gasteiger partial charge in [0.1, 0.15) is 33.6 Å². The van der Waals surface area contributed by atoms with Crippen LogP contribution in [0.3, 0.4) is 0 Å². The Balaban J connectivity index is 0.000000149. The van der Waals surface area contributed by atoms with Gasteiger partial charge in [-0.3, -0.25) is 0 Å². The van der Waals surface area contributed by atoms with Gasteiger partial charge in [0.25, 0.3) is 0 Å². The molecule has 0 aliphatic heterocycles. The summed E-state index contributed by atoms with van der Waals surface area (Å²) < 4.78 is 30.4. The van der Waals surface area contributed by atoms with Crippen molar-refractivity contribution in [3.05, 3.63) is 70.6 Å². The smallest absolute Gasteiger partial charge is 0.489 e. The predicted octanol–water partition coefficient (Wildman–Crippen LogP) is 8.43. The lowest BCUT2D eigenvalue weighted by Gasteiger charge is -2.15. The number of thiophene rings is 3. The Morgan fingerprint density at radius 3 is 1.61 bits per heavy atom. The van der Waals surface area contributed by atoms with E-state index in [4.69, 9.17) is 19.5 Å². The number of methoxy groups -OCH3 is 2. The third-order valence-corrected chi connectivity index (χ3v) is 11.4. The first kappa shape index (κ1) is 33.1. The molecule has 0 aliphatic rings. The van der Waals surface area contributed by atoms with Crippen molar-refractivity contribution < 1.29 is 19.5 Å². The van der Waals surface area contributed by atoms with E-state index in [1.54, 1.807) is 53.7 Å². The maximum atomic E-state index is 8.47. The minimum atomic E-state index is -1.30. The van der Waals surface area contributed by atoms with E-state index in [1.165, 1.54) is 40.4 Å². The van der Waals surface area contributed by atoms with Gasteiger partial charge in [-0.25, -0.2) is 0 Å². The Kier molecular flexibility index (Phi) is 11.2. The summed E-state index contributed by atoms with van der Waals surface area (Å²) in [7, 11) is 2.06. The lowest BCUT2D eigenvalue weighted by atomic mass is 9.83. The topological polar surface area (TPSA) is 110 Å². The second kappa shape index (κ2) is 14.9. The molecule has 226 valence electrons. The van der Waals surface area contributed by atoms with Crippen LogP contribution in [0.4, 0.5) is 0 Å². The van der Waals surface area contributed by atoms with Gasteiger partial charge in [-0.1, -0.05) is 6.07 Å². The Bertz CT molecular complexity index is 1980. The van der Waals surface area contributed by atoms with E-state index >= 15 is 0 Å². The molecule has 0 amide bonds.